The van der Waals surface area contributed by atoms with Gasteiger partial charge >= 0.3 is 0 Å². The van der Waals surface area contributed by atoms with E-state index in [1.165, 1.54) is 18.5 Å². The second-order valence-electron chi connectivity index (χ2n) is 8.53. The number of benzene rings is 1. The number of aryl methyl sites for hydroxylation is 1. The fourth-order valence-electron chi connectivity index (χ4n) is 4.84. The maximum atomic E-state index is 14.6. The quantitative estimate of drug-likeness (QED) is 0.648. The number of nitrogens with zero attached hydrogens (tertiary/aromatic N) is 3. The van der Waals surface area contributed by atoms with Gasteiger partial charge in [0.1, 0.15) is 18.0 Å². The van der Waals surface area contributed by atoms with Gasteiger partial charge in [-0.05, 0) is 39.0 Å². The van der Waals surface area contributed by atoms with Crippen molar-refractivity contribution in [2.45, 2.75) is 51.1 Å². The van der Waals surface area contributed by atoms with Crippen molar-refractivity contribution in [2.75, 3.05) is 5.32 Å². The van der Waals surface area contributed by atoms with Crippen molar-refractivity contribution in [2.24, 2.45) is 5.92 Å². The number of rotatable bonds is 5. The molecule has 3 fully saturated rings. The van der Waals surface area contributed by atoms with Gasteiger partial charge in [0.15, 0.2) is 0 Å². The summed E-state index contributed by atoms with van der Waals surface area (Å²) in [5.41, 5.74) is 0.438. The summed E-state index contributed by atoms with van der Waals surface area (Å²) in [5.74, 6) is 0.230. The Bertz CT molecular complexity index is 1210. The molecule has 6 rings (SSSR count). The van der Waals surface area contributed by atoms with Gasteiger partial charge in [-0.1, -0.05) is 18.2 Å². The van der Waals surface area contributed by atoms with Crippen molar-refractivity contribution < 1.29 is 13.2 Å². The summed E-state index contributed by atoms with van der Waals surface area (Å²) in [5, 5.41) is 3.79. The molecule has 1 N–H and O–H groups in total. The van der Waals surface area contributed by atoms with Gasteiger partial charge in [-0.15, -0.1) is 0 Å². The number of hydrogen-bond donors (Lipinski definition) is 1. The number of pyridine rings is 1. The van der Waals surface area contributed by atoms with E-state index in [1.807, 2.05) is 4.57 Å². The maximum absolute atomic E-state index is 14.6. The van der Waals surface area contributed by atoms with Crippen LogP contribution in [0.5, 0.6) is 0 Å². The molecule has 3 aliphatic carbocycles. The first-order valence-electron chi connectivity index (χ1n) is 10.0. The normalized spacial score (nSPS) is 23.2. The molecule has 0 saturated heterocycles. The van der Waals surface area contributed by atoms with E-state index in [2.05, 4.69) is 15.3 Å². The minimum absolute atomic E-state index is 0.0472. The molecule has 0 amide bonds. The Morgan fingerprint density at radius 1 is 1.20 bits per heavy atom. The fraction of sp³-hybridized carbons (Fsp3) is 0.409. The van der Waals surface area contributed by atoms with Gasteiger partial charge in [-0.3, -0.25) is 4.79 Å². The number of anilines is 1. The number of nitrogens with one attached hydrogen (secondary N) is 1. The van der Waals surface area contributed by atoms with Gasteiger partial charge in [0, 0.05) is 22.9 Å². The highest BCUT2D eigenvalue weighted by atomic mass is 19.3. The first kappa shape index (κ1) is 19.1. The Morgan fingerprint density at radius 2 is 1.90 bits per heavy atom. The summed E-state index contributed by atoms with van der Waals surface area (Å²) >= 11 is 0. The van der Waals surface area contributed by atoms with E-state index in [1.54, 1.807) is 20.0 Å². The summed E-state index contributed by atoms with van der Waals surface area (Å²) < 4.78 is 42.5. The minimum Gasteiger partial charge on any atom is -0.363 e. The molecule has 5 nitrogen and oxygen atoms in total. The van der Waals surface area contributed by atoms with Gasteiger partial charge in [0.2, 0.25) is 0 Å². The van der Waals surface area contributed by atoms with E-state index in [9.17, 15) is 18.0 Å². The average Bonchev–Trinajstić information content (AvgIpc) is 2.63. The molecule has 3 aromatic rings. The third-order valence-corrected chi connectivity index (χ3v) is 6.67. The molecule has 2 bridgehead atoms. The molecule has 0 aliphatic heterocycles. The van der Waals surface area contributed by atoms with Crippen LogP contribution in [0.4, 0.5) is 19.0 Å². The van der Waals surface area contributed by atoms with Crippen LogP contribution in [0, 0.1) is 18.7 Å². The highest BCUT2D eigenvalue weighted by Crippen LogP contribution is 2.61. The SMILES string of the molecule is Cc1c(=O)n(C23CC(C2)C3)cc2c(N[C@H](C)c3cccc(C(F)F)c3F)ncnc12. The third-order valence-electron chi connectivity index (χ3n) is 6.67. The van der Waals surface area contributed by atoms with Crippen molar-refractivity contribution in [1.82, 2.24) is 14.5 Å². The summed E-state index contributed by atoms with van der Waals surface area (Å²) in [6.07, 6.45) is 3.28. The summed E-state index contributed by atoms with van der Waals surface area (Å²) in [6.45, 7) is 3.43. The number of hydrogen-bond acceptors (Lipinski definition) is 4. The Morgan fingerprint density at radius 3 is 2.53 bits per heavy atom. The lowest BCUT2D eigenvalue weighted by Gasteiger charge is -2.62. The lowest BCUT2D eigenvalue weighted by molar-refractivity contribution is -0.0912. The van der Waals surface area contributed by atoms with Crippen LogP contribution >= 0.6 is 0 Å². The summed E-state index contributed by atoms with van der Waals surface area (Å²) in [6, 6.07) is 3.37. The topological polar surface area (TPSA) is 59.8 Å². The molecule has 30 heavy (non-hydrogen) atoms. The van der Waals surface area contributed by atoms with Crippen LogP contribution in [0.1, 0.15) is 55.3 Å². The molecule has 8 heteroatoms. The standard InChI is InChI=1S/C22H21F3N4O/c1-11-18-16(9-29(21(11)30)22-6-13(7-22)8-22)20(27-10-26-18)28-12(2)14-4-3-5-15(17(14)23)19(24)25/h3-5,9-10,12-13,19H,6-8H2,1-2H3,(H,26,27,28)/t12-,13?,22?/m1/s1. The molecule has 2 heterocycles. The van der Waals surface area contributed by atoms with Crippen LogP contribution in [0.3, 0.4) is 0 Å². The third kappa shape index (κ3) is 2.66. The first-order chi connectivity index (χ1) is 14.3. The molecule has 2 aromatic heterocycles. The van der Waals surface area contributed by atoms with Gasteiger partial charge in [-0.25, -0.2) is 23.1 Å². The zero-order chi connectivity index (χ0) is 21.2. The number of alkyl halides is 2. The summed E-state index contributed by atoms with van der Waals surface area (Å²) in [7, 11) is 0. The monoisotopic (exact) mass is 414 g/mol. The first-order valence-corrected chi connectivity index (χ1v) is 10.0. The van der Waals surface area contributed by atoms with Crippen LogP contribution in [-0.4, -0.2) is 14.5 Å². The number of halogens is 3. The average molecular weight is 414 g/mol. The zero-order valence-corrected chi connectivity index (χ0v) is 16.6. The van der Waals surface area contributed by atoms with Crippen LogP contribution in [0.2, 0.25) is 0 Å². The lowest BCUT2D eigenvalue weighted by Crippen LogP contribution is -2.62. The van der Waals surface area contributed by atoms with E-state index in [0.29, 0.717) is 28.2 Å². The van der Waals surface area contributed by atoms with Crippen molar-refractivity contribution in [3.8, 4) is 0 Å². The molecule has 0 unspecified atom stereocenters. The number of fused-ring (bicyclic) bond motifs is 1. The van der Waals surface area contributed by atoms with Crippen LogP contribution in [-0.2, 0) is 5.54 Å². The van der Waals surface area contributed by atoms with E-state index in [0.717, 1.165) is 25.3 Å². The molecule has 156 valence electrons. The highest BCUT2D eigenvalue weighted by molar-refractivity contribution is 5.90. The second-order valence-corrected chi connectivity index (χ2v) is 8.53. The van der Waals surface area contributed by atoms with Crippen LogP contribution < -0.4 is 10.9 Å². The molecule has 1 atom stereocenters. The van der Waals surface area contributed by atoms with Gasteiger partial charge in [0.25, 0.3) is 12.0 Å². The lowest BCUT2D eigenvalue weighted by atomic mass is 9.49. The smallest absolute Gasteiger partial charge is 0.266 e. The zero-order valence-electron chi connectivity index (χ0n) is 16.6. The van der Waals surface area contributed by atoms with Crippen LogP contribution in [0.15, 0.2) is 35.5 Å². The Hall–Kier alpha value is -2.90. The Labute approximate surface area is 171 Å². The summed E-state index contributed by atoms with van der Waals surface area (Å²) in [4.78, 5) is 21.5. The molecule has 3 saturated carbocycles. The second kappa shape index (κ2) is 6.55. The highest BCUT2D eigenvalue weighted by Gasteiger charge is 2.58. The van der Waals surface area contributed by atoms with E-state index >= 15 is 0 Å². The van der Waals surface area contributed by atoms with Crippen molar-refractivity contribution in [1.29, 1.82) is 0 Å². The van der Waals surface area contributed by atoms with Gasteiger partial charge < -0.3 is 9.88 Å². The molecular weight excluding hydrogens is 393 g/mol. The Balaban J connectivity index is 1.57. The van der Waals surface area contributed by atoms with Crippen molar-refractivity contribution in [3.05, 3.63) is 63.6 Å². The molecule has 1 aromatic carbocycles. The maximum Gasteiger partial charge on any atom is 0.266 e. The molecule has 0 radical (unpaired) electrons. The van der Waals surface area contributed by atoms with Crippen molar-refractivity contribution >= 4 is 16.7 Å². The number of aromatic nitrogens is 3. The minimum atomic E-state index is -2.89. The van der Waals surface area contributed by atoms with E-state index in [-0.39, 0.29) is 16.7 Å². The van der Waals surface area contributed by atoms with Gasteiger partial charge in [0.05, 0.1) is 22.5 Å². The fourth-order valence-corrected chi connectivity index (χ4v) is 4.84. The Kier molecular flexibility index (Phi) is 4.17. The predicted octanol–water partition coefficient (Wildman–Crippen LogP) is 4.86. The molecular formula is C22H21F3N4O. The predicted molar refractivity (Wildman–Crippen MR) is 107 cm³/mol. The van der Waals surface area contributed by atoms with Gasteiger partial charge in [-0.2, -0.15) is 0 Å². The van der Waals surface area contributed by atoms with Crippen molar-refractivity contribution in [3.63, 3.8) is 0 Å². The van der Waals surface area contributed by atoms with E-state index < -0.39 is 23.8 Å². The van der Waals surface area contributed by atoms with Crippen LogP contribution in [0.25, 0.3) is 10.9 Å². The molecule has 0 spiro atoms. The molecule has 3 aliphatic rings. The largest absolute Gasteiger partial charge is 0.363 e. The van der Waals surface area contributed by atoms with E-state index in [4.69, 9.17) is 0 Å².